The predicted octanol–water partition coefficient (Wildman–Crippen LogP) is 4.65. The fourth-order valence-electron chi connectivity index (χ4n) is 1.76. The number of nitrogens with one attached hydrogen (secondary N) is 1. The molecular weight excluding hydrogens is 320 g/mol. The van der Waals surface area contributed by atoms with Crippen molar-refractivity contribution >= 4 is 33.4 Å². The van der Waals surface area contributed by atoms with Crippen LogP contribution in [-0.4, -0.2) is 6.26 Å². The Morgan fingerprint density at radius 3 is 2.58 bits per heavy atom. The van der Waals surface area contributed by atoms with Gasteiger partial charge in [-0.25, -0.2) is 0 Å². The van der Waals surface area contributed by atoms with Crippen LogP contribution < -0.4 is 5.32 Å². The lowest BCUT2D eigenvalue weighted by Crippen LogP contribution is -2.01. The van der Waals surface area contributed by atoms with Gasteiger partial charge in [0.05, 0.1) is 11.3 Å². The molecule has 0 radical (unpaired) electrons. The van der Waals surface area contributed by atoms with Gasteiger partial charge in [-0.3, -0.25) is 0 Å². The van der Waals surface area contributed by atoms with Crippen LogP contribution in [0.5, 0.6) is 0 Å². The third-order valence-electron chi connectivity index (χ3n) is 2.75. The smallest absolute Gasteiger partial charge is 0.102 e. The van der Waals surface area contributed by atoms with Crippen LogP contribution in [-0.2, 0) is 6.54 Å². The maximum atomic E-state index is 9.25. The van der Waals surface area contributed by atoms with E-state index >= 15 is 0 Å². The van der Waals surface area contributed by atoms with E-state index in [2.05, 4.69) is 39.4 Å². The summed E-state index contributed by atoms with van der Waals surface area (Å²) in [7, 11) is 0. The van der Waals surface area contributed by atoms with Crippen molar-refractivity contribution in [2.24, 2.45) is 0 Å². The summed E-state index contributed by atoms with van der Waals surface area (Å²) in [5, 5.41) is 12.6. The predicted molar refractivity (Wildman–Crippen MR) is 84.4 cm³/mol. The average molecular weight is 333 g/mol. The minimum absolute atomic E-state index is 0.708. The molecule has 0 fully saturated rings. The summed E-state index contributed by atoms with van der Waals surface area (Å²) >= 11 is 5.01. The van der Waals surface area contributed by atoms with E-state index in [0.717, 1.165) is 15.1 Å². The molecule has 0 saturated carbocycles. The van der Waals surface area contributed by atoms with Gasteiger partial charge in [-0.1, -0.05) is 34.1 Å². The highest BCUT2D eigenvalue weighted by Crippen LogP contribution is 2.26. The first-order valence-electron chi connectivity index (χ1n) is 5.80. The third-order valence-corrected chi connectivity index (χ3v) is 4.06. The Morgan fingerprint density at radius 2 is 1.95 bits per heavy atom. The van der Waals surface area contributed by atoms with E-state index in [1.54, 1.807) is 11.8 Å². The van der Waals surface area contributed by atoms with Crippen LogP contribution in [0, 0.1) is 11.3 Å². The molecule has 0 spiro atoms. The summed E-state index contributed by atoms with van der Waals surface area (Å²) < 4.78 is 1.07. The summed E-state index contributed by atoms with van der Waals surface area (Å²) in [5.74, 6) is 0. The lowest BCUT2D eigenvalue weighted by Gasteiger charge is -2.10. The van der Waals surface area contributed by atoms with E-state index in [1.165, 1.54) is 5.56 Å². The molecule has 19 heavy (non-hydrogen) atoms. The monoisotopic (exact) mass is 332 g/mol. The first-order valence-corrected chi connectivity index (χ1v) is 7.82. The summed E-state index contributed by atoms with van der Waals surface area (Å²) in [5.41, 5.74) is 2.78. The molecule has 0 aliphatic rings. The zero-order chi connectivity index (χ0) is 13.7. The minimum Gasteiger partial charge on any atom is -0.380 e. The SMILES string of the molecule is CSc1cccc(NCc2ccc(Br)cc2)c1C#N. The highest BCUT2D eigenvalue weighted by molar-refractivity contribution is 9.10. The van der Waals surface area contributed by atoms with E-state index in [4.69, 9.17) is 0 Å². The van der Waals surface area contributed by atoms with Crippen LogP contribution in [0.1, 0.15) is 11.1 Å². The standard InChI is InChI=1S/C15H13BrN2S/c1-19-15-4-2-3-14(13(15)9-17)18-10-11-5-7-12(16)8-6-11/h2-8,18H,10H2,1H3. The minimum atomic E-state index is 0.708. The topological polar surface area (TPSA) is 35.8 Å². The van der Waals surface area contributed by atoms with E-state index in [9.17, 15) is 5.26 Å². The Kier molecular flexibility index (Phi) is 4.89. The number of nitrogens with zero attached hydrogens (tertiary/aromatic N) is 1. The van der Waals surface area contributed by atoms with Crippen molar-refractivity contribution < 1.29 is 0 Å². The first-order chi connectivity index (χ1) is 9.24. The largest absolute Gasteiger partial charge is 0.380 e. The fraction of sp³-hybridized carbons (Fsp3) is 0.133. The molecule has 2 aromatic rings. The molecule has 0 saturated heterocycles. The number of benzene rings is 2. The molecule has 2 aromatic carbocycles. The lowest BCUT2D eigenvalue weighted by atomic mass is 10.1. The number of nitriles is 1. The van der Waals surface area contributed by atoms with Crippen molar-refractivity contribution in [2.45, 2.75) is 11.4 Å². The van der Waals surface area contributed by atoms with Crippen LogP contribution in [0.3, 0.4) is 0 Å². The van der Waals surface area contributed by atoms with E-state index in [-0.39, 0.29) is 0 Å². The van der Waals surface area contributed by atoms with Crippen molar-refractivity contribution in [3.8, 4) is 6.07 Å². The van der Waals surface area contributed by atoms with Crippen LogP contribution >= 0.6 is 27.7 Å². The molecule has 0 amide bonds. The van der Waals surface area contributed by atoms with Gasteiger partial charge in [0.1, 0.15) is 6.07 Å². The van der Waals surface area contributed by atoms with Gasteiger partial charge in [0.15, 0.2) is 0 Å². The van der Waals surface area contributed by atoms with Gasteiger partial charge in [-0.2, -0.15) is 5.26 Å². The second-order valence-electron chi connectivity index (χ2n) is 3.97. The number of halogens is 1. The van der Waals surface area contributed by atoms with E-state index in [1.807, 2.05) is 36.6 Å². The normalized spacial score (nSPS) is 9.95. The molecule has 0 bridgehead atoms. The highest BCUT2D eigenvalue weighted by atomic mass is 79.9. The van der Waals surface area contributed by atoms with Crippen LogP contribution in [0.25, 0.3) is 0 Å². The molecule has 0 heterocycles. The Morgan fingerprint density at radius 1 is 1.21 bits per heavy atom. The Bertz CT molecular complexity index is 603. The van der Waals surface area contributed by atoms with Crippen molar-refractivity contribution in [3.05, 3.63) is 58.1 Å². The summed E-state index contributed by atoms with van der Waals surface area (Å²) in [6.45, 7) is 0.708. The number of hydrogen-bond acceptors (Lipinski definition) is 3. The average Bonchev–Trinajstić information content (AvgIpc) is 2.46. The molecule has 1 N–H and O–H groups in total. The van der Waals surface area contributed by atoms with Crippen molar-refractivity contribution in [1.29, 1.82) is 5.26 Å². The molecule has 0 aliphatic heterocycles. The number of hydrogen-bond donors (Lipinski definition) is 1. The Balaban J connectivity index is 2.16. The first kappa shape index (κ1) is 14.0. The molecular formula is C15H13BrN2S. The zero-order valence-electron chi connectivity index (χ0n) is 10.5. The van der Waals surface area contributed by atoms with Crippen LogP contribution in [0.4, 0.5) is 5.69 Å². The number of anilines is 1. The molecule has 0 unspecified atom stereocenters. The van der Waals surface area contributed by atoms with Crippen molar-refractivity contribution in [3.63, 3.8) is 0 Å². The number of thioether (sulfide) groups is 1. The molecule has 0 atom stereocenters. The maximum absolute atomic E-state index is 9.25. The van der Waals surface area contributed by atoms with E-state index in [0.29, 0.717) is 12.1 Å². The summed E-state index contributed by atoms with van der Waals surface area (Å²) in [4.78, 5) is 1.00. The summed E-state index contributed by atoms with van der Waals surface area (Å²) in [6.07, 6.45) is 1.98. The summed E-state index contributed by atoms with van der Waals surface area (Å²) in [6, 6.07) is 16.3. The highest BCUT2D eigenvalue weighted by Gasteiger charge is 2.06. The lowest BCUT2D eigenvalue weighted by molar-refractivity contribution is 1.14. The van der Waals surface area contributed by atoms with Gasteiger partial charge < -0.3 is 5.32 Å². The Labute approximate surface area is 126 Å². The Hall–Kier alpha value is -1.44. The van der Waals surface area contributed by atoms with Gasteiger partial charge in [0.25, 0.3) is 0 Å². The van der Waals surface area contributed by atoms with Gasteiger partial charge in [-0.05, 0) is 36.1 Å². The second kappa shape index (κ2) is 6.65. The molecule has 4 heteroatoms. The maximum Gasteiger partial charge on any atom is 0.102 e. The second-order valence-corrected chi connectivity index (χ2v) is 5.74. The van der Waals surface area contributed by atoms with Crippen molar-refractivity contribution in [1.82, 2.24) is 0 Å². The van der Waals surface area contributed by atoms with Crippen LogP contribution in [0.2, 0.25) is 0 Å². The van der Waals surface area contributed by atoms with Gasteiger partial charge in [-0.15, -0.1) is 11.8 Å². The van der Waals surface area contributed by atoms with Gasteiger partial charge in [0.2, 0.25) is 0 Å². The molecule has 96 valence electrons. The van der Waals surface area contributed by atoms with Gasteiger partial charge in [0, 0.05) is 15.9 Å². The van der Waals surface area contributed by atoms with Crippen molar-refractivity contribution in [2.75, 3.05) is 11.6 Å². The quantitative estimate of drug-likeness (QED) is 0.827. The fourth-order valence-corrected chi connectivity index (χ4v) is 2.60. The van der Waals surface area contributed by atoms with E-state index < -0.39 is 0 Å². The third kappa shape index (κ3) is 3.52. The van der Waals surface area contributed by atoms with Crippen LogP contribution in [0.15, 0.2) is 51.8 Å². The molecule has 2 rings (SSSR count). The number of rotatable bonds is 4. The molecule has 2 nitrogen and oxygen atoms in total. The molecule has 0 aromatic heterocycles. The van der Waals surface area contributed by atoms with Gasteiger partial charge >= 0.3 is 0 Å². The zero-order valence-corrected chi connectivity index (χ0v) is 12.9. The molecule has 0 aliphatic carbocycles.